The minimum Gasteiger partial charge on any atom is -0.339 e. The molecule has 1 aromatic carbocycles. The van der Waals surface area contributed by atoms with Crippen LogP contribution < -0.4 is 0 Å². The van der Waals surface area contributed by atoms with Crippen LogP contribution in [0.4, 0.5) is 8.78 Å². The number of alkyl halides is 2. The molecule has 2 fully saturated rings. The normalized spacial score (nSPS) is 21.2. The quantitative estimate of drug-likeness (QED) is 0.530. The summed E-state index contributed by atoms with van der Waals surface area (Å²) in [5.74, 6) is -2.65. The van der Waals surface area contributed by atoms with Crippen LogP contribution in [0, 0.1) is 13.8 Å². The summed E-state index contributed by atoms with van der Waals surface area (Å²) in [6, 6.07) is 5.75. The van der Waals surface area contributed by atoms with Gasteiger partial charge in [0.2, 0.25) is 5.92 Å². The highest BCUT2D eigenvalue weighted by molar-refractivity contribution is 7.89. The minimum atomic E-state index is -3.70. The minimum absolute atomic E-state index is 0.0136. The third kappa shape index (κ3) is 5.34. The van der Waals surface area contributed by atoms with Crippen LogP contribution >= 0.6 is 0 Å². The number of carbonyl (C=O) groups excluding carboxylic acids is 1. The number of ketones is 1. The van der Waals surface area contributed by atoms with Gasteiger partial charge < -0.3 is 4.57 Å². The molecule has 1 saturated carbocycles. The number of sulfonamides is 1. The molecule has 0 N–H and O–H groups in total. The third-order valence-corrected chi connectivity index (χ3v) is 9.47. The molecular formula is C25H34F2N4O3S. The zero-order valence-corrected chi connectivity index (χ0v) is 21.5. The van der Waals surface area contributed by atoms with E-state index in [1.54, 1.807) is 11.6 Å². The average Bonchev–Trinajstić information content (AvgIpc) is 3.26. The number of hydrogen-bond acceptors (Lipinski definition) is 5. The second-order valence-electron chi connectivity index (χ2n) is 10.0. The lowest BCUT2D eigenvalue weighted by molar-refractivity contribution is -0.0891. The Morgan fingerprint density at radius 2 is 1.63 bits per heavy atom. The fraction of sp³-hybridized carbons (Fsp3) is 0.600. The Bertz CT molecular complexity index is 1160. The summed E-state index contributed by atoms with van der Waals surface area (Å²) >= 11 is 0. The number of aromatic nitrogens is 2. The van der Waals surface area contributed by atoms with E-state index in [0.29, 0.717) is 32.4 Å². The van der Waals surface area contributed by atoms with Gasteiger partial charge in [0.25, 0.3) is 10.0 Å². The Morgan fingerprint density at radius 1 is 1.03 bits per heavy atom. The maximum absolute atomic E-state index is 14.1. The molecule has 0 spiro atoms. The van der Waals surface area contributed by atoms with Crippen molar-refractivity contribution in [3.63, 3.8) is 0 Å². The summed E-state index contributed by atoms with van der Waals surface area (Å²) in [7, 11) is -1.99. The van der Waals surface area contributed by atoms with Gasteiger partial charge in [-0.1, -0.05) is 18.2 Å². The molecule has 1 aliphatic carbocycles. The third-order valence-electron chi connectivity index (χ3n) is 7.68. The zero-order valence-electron chi connectivity index (χ0n) is 20.6. The molecule has 1 aliphatic heterocycles. The molecule has 0 amide bonds. The number of imidazole rings is 1. The van der Waals surface area contributed by atoms with E-state index in [2.05, 4.69) is 9.88 Å². The van der Waals surface area contributed by atoms with Crippen LogP contribution in [0.3, 0.4) is 0 Å². The van der Waals surface area contributed by atoms with Crippen molar-refractivity contribution in [1.82, 2.24) is 18.8 Å². The van der Waals surface area contributed by atoms with Crippen LogP contribution in [0.2, 0.25) is 0 Å². The summed E-state index contributed by atoms with van der Waals surface area (Å²) in [5.41, 5.74) is 2.03. The van der Waals surface area contributed by atoms with Gasteiger partial charge in [-0.25, -0.2) is 22.2 Å². The average molecular weight is 509 g/mol. The van der Waals surface area contributed by atoms with Crippen LogP contribution in [0.15, 0.2) is 35.7 Å². The molecule has 4 rings (SSSR count). The van der Waals surface area contributed by atoms with E-state index in [9.17, 15) is 22.0 Å². The molecule has 192 valence electrons. The Labute approximate surface area is 206 Å². The molecule has 35 heavy (non-hydrogen) atoms. The van der Waals surface area contributed by atoms with Crippen LogP contribution in [-0.2, 0) is 17.1 Å². The highest BCUT2D eigenvalue weighted by atomic mass is 32.2. The van der Waals surface area contributed by atoms with Crippen molar-refractivity contribution in [3.8, 4) is 0 Å². The van der Waals surface area contributed by atoms with Gasteiger partial charge in [0.1, 0.15) is 0 Å². The summed E-state index contributed by atoms with van der Waals surface area (Å²) < 4.78 is 57.2. The van der Waals surface area contributed by atoms with Crippen molar-refractivity contribution in [3.05, 3.63) is 47.4 Å². The molecular weight excluding hydrogens is 474 g/mol. The van der Waals surface area contributed by atoms with Crippen LogP contribution in [0.1, 0.15) is 60.0 Å². The molecule has 0 bridgehead atoms. The second kappa shape index (κ2) is 9.71. The molecule has 0 unspecified atom stereocenters. The molecule has 1 saturated heterocycles. The molecule has 0 radical (unpaired) electrons. The van der Waals surface area contributed by atoms with Gasteiger partial charge in [-0.05, 0) is 44.2 Å². The Kier molecular flexibility index (Phi) is 7.19. The van der Waals surface area contributed by atoms with Gasteiger partial charge in [-0.15, -0.1) is 0 Å². The number of hydrogen-bond donors (Lipinski definition) is 0. The van der Waals surface area contributed by atoms with E-state index < -0.39 is 21.5 Å². The Hall–Kier alpha value is -2.17. The van der Waals surface area contributed by atoms with Gasteiger partial charge in [0.15, 0.2) is 10.8 Å². The van der Waals surface area contributed by atoms with Crippen molar-refractivity contribution in [2.24, 2.45) is 7.05 Å². The number of carbonyl (C=O) groups is 1. The predicted octanol–water partition coefficient (Wildman–Crippen LogP) is 3.95. The molecule has 2 aliphatic rings. The highest BCUT2D eigenvalue weighted by Gasteiger charge is 2.47. The summed E-state index contributed by atoms with van der Waals surface area (Å²) in [5, 5.41) is 0.0136. The smallest absolute Gasteiger partial charge is 0.262 e. The predicted molar refractivity (Wildman–Crippen MR) is 129 cm³/mol. The lowest BCUT2D eigenvalue weighted by Crippen LogP contribution is -2.59. The number of halogens is 2. The maximum Gasteiger partial charge on any atom is 0.262 e. The van der Waals surface area contributed by atoms with Crippen molar-refractivity contribution in [2.45, 2.75) is 68.9 Å². The van der Waals surface area contributed by atoms with E-state index in [1.165, 1.54) is 16.8 Å². The maximum atomic E-state index is 14.1. The summed E-state index contributed by atoms with van der Waals surface area (Å²) in [4.78, 5) is 19.3. The first-order valence-corrected chi connectivity index (χ1v) is 13.6. The van der Waals surface area contributed by atoms with E-state index in [0.717, 1.165) is 16.7 Å². The van der Waals surface area contributed by atoms with Crippen LogP contribution in [0.5, 0.6) is 0 Å². The first kappa shape index (κ1) is 25.9. The fourth-order valence-electron chi connectivity index (χ4n) is 5.59. The fourth-order valence-corrected chi connectivity index (χ4v) is 6.98. The zero-order chi connectivity index (χ0) is 25.4. The van der Waals surface area contributed by atoms with E-state index in [-0.39, 0.29) is 43.2 Å². The Morgan fingerprint density at radius 3 is 2.17 bits per heavy atom. The number of Topliss-reactive ketones (excluding diaryl/α,β-unsaturated/α-hetero) is 1. The number of rotatable bonds is 7. The van der Waals surface area contributed by atoms with Crippen molar-refractivity contribution in [1.29, 1.82) is 0 Å². The Balaban J connectivity index is 1.49. The van der Waals surface area contributed by atoms with E-state index in [1.807, 2.05) is 32.0 Å². The van der Waals surface area contributed by atoms with Gasteiger partial charge in [0.05, 0.1) is 6.33 Å². The number of benzene rings is 1. The number of aryl methyl sites for hydroxylation is 3. The molecule has 0 atom stereocenters. The topological polar surface area (TPSA) is 75.5 Å². The SMILES string of the molecule is Cc1cccc(C)c1C(=O)CCC1(N2CCN(S(=O)(=O)c3cn(C)cn3)CC2)CCC(F)(F)CC1. The molecule has 7 nitrogen and oxygen atoms in total. The van der Waals surface area contributed by atoms with E-state index >= 15 is 0 Å². The highest BCUT2D eigenvalue weighted by Crippen LogP contribution is 2.44. The molecule has 10 heteroatoms. The first-order valence-electron chi connectivity index (χ1n) is 12.1. The van der Waals surface area contributed by atoms with Gasteiger partial charge in [0, 0.05) is 69.8 Å². The standard InChI is InChI=1S/C25H34F2N4O3S/c1-19-5-4-6-20(2)23(19)21(32)7-8-24(9-11-25(26,27)12-10-24)30-13-15-31(16-14-30)35(33,34)22-17-29(3)18-28-22/h4-6,17-18H,7-16H2,1-3H3. The molecule has 1 aromatic heterocycles. The largest absolute Gasteiger partial charge is 0.339 e. The van der Waals surface area contributed by atoms with Crippen LogP contribution in [-0.4, -0.2) is 70.6 Å². The lowest BCUT2D eigenvalue weighted by Gasteiger charge is -2.50. The number of nitrogens with zero attached hydrogens (tertiary/aromatic N) is 4. The summed E-state index contributed by atoms with van der Waals surface area (Å²) in [6.07, 6.45) is 3.87. The molecule has 2 aromatic rings. The van der Waals surface area contributed by atoms with Gasteiger partial charge in [-0.2, -0.15) is 4.31 Å². The van der Waals surface area contributed by atoms with Gasteiger partial charge >= 0.3 is 0 Å². The van der Waals surface area contributed by atoms with Crippen molar-refractivity contribution < 1.29 is 22.0 Å². The second-order valence-corrected chi connectivity index (χ2v) is 11.9. The van der Waals surface area contributed by atoms with Crippen molar-refractivity contribution >= 4 is 15.8 Å². The summed E-state index contributed by atoms with van der Waals surface area (Å²) in [6.45, 7) is 5.24. The monoisotopic (exact) mass is 508 g/mol. The van der Waals surface area contributed by atoms with Crippen molar-refractivity contribution in [2.75, 3.05) is 26.2 Å². The molecule has 2 heterocycles. The van der Waals surface area contributed by atoms with Gasteiger partial charge in [-0.3, -0.25) is 9.69 Å². The number of piperazine rings is 1. The lowest BCUT2D eigenvalue weighted by atomic mass is 9.74. The van der Waals surface area contributed by atoms with Crippen LogP contribution in [0.25, 0.3) is 0 Å². The first-order chi connectivity index (χ1) is 16.4. The van der Waals surface area contributed by atoms with E-state index in [4.69, 9.17) is 0 Å².